The number of sulfonamides is 1. The predicted molar refractivity (Wildman–Crippen MR) is 177 cm³/mol. The molecule has 1 amide bonds. The molecule has 0 saturated carbocycles. The summed E-state index contributed by atoms with van der Waals surface area (Å²) in [5.41, 5.74) is 2.39. The van der Waals surface area contributed by atoms with Gasteiger partial charge < -0.3 is 14.5 Å². The van der Waals surface area contributed by atoms with Crippen molar-refractivity contribution < 1.29 is 27.2 Å². The largest absolute Gasteiger partial charge is 0.452 e. The van der Waals surface area contributed by atoms with Crippen LogP contribution in [0.4, 0.5) is 5.69 Å². The molecule has 0 bridgehead atoms. The van der Waals surface area contributed by atoms with E-state index in [4.69, 9.17) is 9.15 Å². The second-order valence-corrected chi connectivity index (χ2v) is 13.0. The van der Waals surface area contributed by atoms with Gasteiger partial charge in [-0.2, -0.15) is 9.40 Å². The fourth-order valence-electron chi connectivity index (χ4n) is 5.40. The molecule has 5 aromatic rings. The normalized spacial score (nSPS) is 14.0. The van der Waals surface area contributed by atoms with E-state index < -0.39 is 34.1 Å². The lowest BCUT2D eigenvalue weighted by Gasteiger charge is -2.26. The van der Waals surface area contributed by atoms with Crippen molar-refractivity contribution in [1.29, 1.82) is 0 Å². The molecule has 6 rings (SSSR count). The van der Waals surface area contributed by atoms with Gasteiger partial charge in [-0.15, -0.1) is 0 Å². The molecule has 0 spiro atoms. The lowest BCUT2D eigenvalue weighted by molar-refractivity contribution is -0.142. The maximum Gasteiger partial charge on any atom is 0.345 e. The van der Waals surface area contributed by atoms with E-state index in [1.807, 2.05) is 42.5 Å². The zero-order valence-corrected chi connectivity index (χ0v) is 26.4. The number of para-hydroxylation sites is 2. The van der Waals surface area contributed by atoms with E-state index in [0.29, 0.717) is 40.9 Å². The zero-order chi connectivity index (χ0) is 33.0. The van der Waals surface area contributed by atoms with Crippen molar-refractivity contribution in [2.24, 2.45) is 0 Å². The van der Waals surface area contributed by atoms with E-state index in [0.717, 1.165) is 31.0 Å². The highest BCUT2D eigenvalue weighted by molar-refractivity contribution is 7.89. The number of carbonyl (C=O) groups is 2. The smallest absolute Gasteiger partial charge is 0.345 e. The van der Waals surface area contributed by atoms with E-state index in [9.17, 15) is 22.8 Å². The molecule has 2 aromatic heterocycles. The van der Waals surface area contributed by atoms with E-state index in [-0.39, 0.29) is 16.1 Å². The number of benzene rings is 3. The highest BCUT2D eigenvalue weighted by atomic mass is 32.2. The van der Waals surface area contributed by atoms with Crippen LogP contribution in [0.25, 0.3) is 34.0 Å². The highest BCUT2D eigenvalue weighted by Crippen LogP contribution is 2.27. The standard InChI is InChI=1S/C35H32N4O7S/c1-24-14-16-27(21-31(24)47(43,44)38-18-8-3-9-19-38)36-32(40)23-45-33(41)17-15-26-22-39(28-11-4-2-5-12-28)37-34(26)29-20-25-10-6-7-13-30(25)46-35(29)42/h2,4-7,10-17,20-22H,3,8-9,18-19,23H2,1H3,(H,36,40)/b17-15+. The van der Waals surface area contributed by atoms with Gasteiger partial charge in [0.1, 0.15) is 11.3 Å². The summed E-state index contributed by atoms with van der Waals surface area (Å²) < 4.78 is 40.2. The summed E-state index contributed by atoms with van der Waals surface area (Å²) in [7, 11) is -3.71. The summed E-state index contributed by atoms with van der Waals surface area (Å²) in [4.78, 5) is 38.4. The molecule has 3 aromatic carbocycles. The topological polar surface area (TPSA) is 141 Å². The summed E-state index contributed by atoms with van der Waals surface area (Å²) in [6.07, 6.45) is 6.88. The average Bonchev–Trinajstić information content (AvgIpc) is 3.51. The fraction of sp³-hybridized carbons (Fsp3) is 0.200. The molecule has 1 aliphatic heterocycles. The molecule has 0 radical (unpaired) electrons. The Morgan fingerprint density at radius 3 is 2.51 bits per heavy atom. The molecule has 0 atom stereocenters. The molecule has 47 heavy (non-hydrogen) atoms. The van der Waals surface area contributed by atoms with Gasteiger partial charge in [-0.25, -0.2) is 22.7 Å². The molecule has 240 valence electrons. The number of nitrogens with one attached hydrogen (secondary N) is 1. The summed E-state index contributed by atoms with van der Waals surface area (Å²) in [5.74, 6) is -1.44. The zero-order valence-electron chi connectivity index (χ0n) is 25.6. The Morgan fingerprint density at radius 2 is 1.72 bits per heavy atom. The number of aromatic nitrogens is 2. The van der Waals surface area contributed by atoms with Crippen molar-refractivity contribution >= 4 is 44.6 Å². The Labute approximate surface area is 271 Å². The van der Waals surface area contributed by atoms with Gasteiger partial charge in [-0.1, -0.05) is 48.9 Å². The number of anilines is 1. The Morgan fingerprint density at radius 1 is 0.979 bits per heavy atom. The summed E-state index contributed by atoms with van der Waals surface area (Å²) in [6.45, 7) is 2.03. The Kier molecular flexibility index (Phi) is 9.14. The Hall–Kier alpha value is -5.33. The second-order valence-electron chi connectivity index (χ2n) is 11.1. The van der Waals surface area contributed by atoms with Crippen LogP contribution in [0.15, 0.2) is 105 Å². The second kappa shape index (κ2) is 13.6. The van der Waals surface area contributed by atoms with Crippen LogP contribution in [0.2, 0.25) is 0 Å². The van der Waals surface area contributed by atoms with Crippen molar-refractivity contribution in [2.75, 3.05) is 25.0 Å². The molecule has 0 aliphatic carbocycles. The van der Waals surface area contributed by atoms with Gasteiger partial charge in [0.05, 0.1) is 16.1 Å². The van der Waals surface area contributed by atoms with Gasteiger partial charge >= 0.3 is 11.6 Å². The fourth-order valence-corrected chi connectivity index (χ4v) is 7.17. The molecule has 11 nitrogen and oxygen atoms in total. The van der Waals surface area contributed by atoms with Crippen molar-refractivity contribution in [3.05, 3.63) is 113 Å². The average molecular weight is 653 g/mol. The molecular weight excluding hydrogens is 620 g/mol. The number of hydrogen-bond donors (Lipinski definition) is 1. The van der Waals surface area contributed by atoms with Crippen LogP contribution < -0.4 is 10.9 Å². The van der Waals surface area contributed by atoms with Crippen LogP contribution in [0, 0.1) is 6.92 Å². The van der Waals surface area contributed by atoms with Gasteiger partial charge in [-0.05, 0) is 67.8 Å². The number of aryl methyl sites for hydroxylation is 1. The van der Waals surface area contributed by atoms with E-state index in [1.165, 1.54) is 16.4 Å². The maximum atomic E-state index is 13.2. The third-order valence-electron chi connectivity index (χ3n) is 7.81. The van der Waals surface area contributed by atoms with E-state index in [1.54, 1.807) is 48.1 Å². The number of hydrogen-bond acceptors (Lipinski definition) is 8. The number of fused-ring (bicyclic) bond motifs is 1. The SMILES string of the molecule is Cc1ccc(NC(=O)COC(=O)/C=C/c2cn(-c3ccccc3)nc2-c2cc3ccccc3oc2=O)cc1S(=O)(=O)N1CCCCC1. The van der Waals surface area contributed by atoms with Gasteiger partial charge in [0.15, 0.2) is 6.61 Å². The molecule has 1 N–H and O–H groups in total. The number of nitrogens with zero attached hydrogens (tertiary/aromatic N) is 3. The lowest BCUT2D eigenvalue weighted by atomic mass is 10.1. The van der Waals surface area contributed by atoms with Crippen LogP contribution in [0.5, 0.6) is 0 Å². The number of amides is 1. The number of carbonyl (C=O) groups excluding carboxylic acids is 2. The highest BCUT2D eigenvalue weighted by Gasteiger charge is 2.27. The first-order valence-electron chi connectivity index (χ1n) is 15.1. The van der Waals surface area contributed by atoms with Crippen LogP contribution >= 0.6 is 0 Å². The predicted octanol–water partition coefficient (Wildman–Crippen LogP) is 5.32. The van der Waals surface area contributed by atoms with Crippen molar-refractivity contribution in [3.63, 3.8) is 0 Å². The minimum atomic E-state index is -3.71. The minimum absolute atomic E-state index is 0.129. The minimum Gasteiger partial charge on any atom is -0.452 e. The molecule has 12 heteroatoms. The van der Waals surface area contributed by atoms with E-state index in [2.05, 4.69) is 10.4 Å². The van der Waals surface area contributed by atoms with Crippen molar-refractivity contribution in [3.8, 4) is 16.9 Å². The first-order chi connectivity index (χ1) is 22.7. The van der Waals surface area contributed by atoms with Gasteiger partial charge in [-0.3, -0.25) is 4.79 Å². The third-order valence-corrected chi connectivity index (χ3v) is 9.85. The summed E-state index contributed by atoms with van der Waals surface area (Å²) >= 11 is 0. The Balaban J connectivity index is 1.17. The first kappa shape index (κ1) is 31.6. The summed E-state index contributed by atoms with van der Waals surface area (Å²) in [6, 6.07) is 22.7. The van der Waals surface area contributed by atoms with Crippen LogP contribution in [-0.2, 0) is 24.3 Å². The van der Waals surface area contributed by atoms with Crippen molar-refractivity contribution in [2.45, 2.75) is 31.1 Å². The molecule has 1 saturated heterocycles. The van der Waals surface area contributed by atoms with Crippen LogP contribution in [0.3, 0.4) is 0 Å². The van der Waals surface area contributed by atoms with Gasteiger partial charge in [0.2, 0.25) is 10.0 Å². The third kappa shape index (κ3) is 7.08. The molecule has 1 fully saturated rings. The van der Waals surface area contributed by atoms with Crippen molar-refractivity contribution in [1.82, 2.24) is 14.1 Å². The monoisotopic (exact) mass is 652 g/mol. The maximum absolute atomic E-state index is 13.2. The first-order valence-corrected chi connectivity index (χ1v) is 16.6. The Bertz CT molecular complexity index is 2150. The van der Waals surface area contributed by atoms with Crippen LogP contribution in [0.1, 0.15) is 30.4 Å². The molecule has 1 aliphatic rings. The number of ether oxygens (including phenoxy) is 1. The molecule has 3 heterocycles. The number of piperidine rings is 1. The van der Waals surface area contributed by atoms with Gasteiger partial charge in [0, 0.05) is 42.0 Å². The molecular formula is C35H32N4O7S. The quantitative estimate of drug-likeness (QED) is 0.128. The number of rotatable bonds is 9. The lowest BCUT2D eigenvalue weighted by Crippen LogP contribution is -2.36. The summed E-state index contributed by atoms with van der Waals surface area (Å²) in [5, 5.41) is 7.94. The van der Waals surface area contributed by atoms with Crippen LogP contribution in [-0.4, -0.2) is 54.1 Å². The van der Waals surface area contributed by atoms with E-state index >= 15 is 0 Å². The van der Waals surface area contributed by atoms with Gasteiger partial charge in [0.25, 0.3) is 5.91 Å². The molecule has 0 unspecified atom stereocenters. The number of esters is 1.